The first kappa shape index (κ1) is 20.2. The number of aliphatic imine (C=N–C) groups is 1. The fraction of sp³-hybridized carbons (Fsp3) is 0.421. The van der Waals surface area contributed by atoms with Crippen molar-refractivity contribution >= 4 is 41.3 Å². The Morgan fingerprint density at radius 3 is 2.76 bits per heavy atom. The molecule has 0 radical (unpaired) electrons. The van der Waals surface area contributed by atoms with Crippen LogP contribution in [0, 0.1) is 0 Å². The molecule has 0 saturated heterocycles. The largest absolute Gasteiger partial charge is 0.357 e. The first-order chi connectivity index (χ1) is 11.8. The molecule has 4 nitrogen and oxygen atoms in total. The second-order valence-corrected chi connectivity index (χ2v) is 7.03. The summed E-state index contributed by atoms with van der Waals surface area (Å²) in [5.41, 5.74) is 2.98. The SMILES string of the molecule is CCNC(=NCc1cccs1)NCCN1CCc2ccccc2C1.I. The number of nitrogens with one attached hydrogen (secondary N) is 2. The van der Waals surface area contributed by atoms with E-state index in [1.807, 2.05) is 0 Å². The highest BCUT2D eigenvalue weighted by Gasteiger charge is 2.14. The second-order valence-electron chi connectivity index (χ2n) is 6.00. The maximum Gasteiger partial charge on any atom is 0.191 e. The number of fused-ring (bicyclic) bond motifs is 1. The zero-order valence-corrected chi connectivity index (χ0v) is 17.8. The van der Waals surface area contributed by atoms with E-state index in [0.29, 0.717) is 0 Å². The van der Waals surface area contributed by atoms with E-state index in [2.05, 4.69) is 69.2 Å². The van der Waals surface area contributed by atoms with Crippen molar-refractivity contribution < 1.29 is 0 Å². The summed E-state index contributed by atoms with van der Waals surface area (Å²) in [6.45, 7) is 7.87. The average Bonchev–Trinajstić information content (AvgIpc) is 3.13. The van der Waals surface area contributed by atoms with Crippen LogP contribution in [-0.4, -0.2) is 37.0 Å². The minimum atomic E-state index is 0. The molecular weight excluding hydrogens is 443 g/mol. The lowest BCUT2D eigenvalue weighted by Gasteiger charge is -2.28. The Labute approximate surface area is 171 Å². The molecule has 0 aliphatic carbocycles. The summed E-state index contributed by atoms with van der Waals surface area (Å²) in [4.78, 5) is 8.46. The Kier molecular flexibility index (Phi) is 8.71. The Bertz CT molecular complexity index is 657. The van der Waals surface area contributed by atoms with Gasteiger partial charge in [0.05, 0.1) is 6.54 Å². The van der Waals surface area contributed by atoms with Gasteiger partial charge < -0.3 is 10.6 Å². The molecule has 0 saturated carbocycles. The average molecular weight is 470 g/mol. The third kappa shape index (κ3) is 6.27. The monoisotopic (exact) mass is 470 g/mol. The molecule has 2 heterocycles. The van der Waals surface area contributed by atoms with Crippen LogP contribution in [0.25, 0.3) is 0 Å². The maximum absolute atomic E-state index is 4.66. The van der Waals surface area contributed by atoms with Crippen molar-refractivity contribution in [1.29, 1.82) is 0 Å². The summed E-state index contributed by atoms with van der Waals surface area (Å²) in [5, 5.41) is 8.88. The summed E-state index contributed by atoms with van der Waals surface area (Å²) < 4.78 is 0. The van der Waals surface area contributed by atoms with Gasteiger partial charge >= 0.3 is 0 Å². The van der Waals surface area contributed by atoms with Gasteiger partial charge in [-0.2, -0.15) is 0 Å². The number of hydrogen-bond donors (Lipinski definition) is 2. The van der Waals surface area contributed by atoms with Crippen LogP contribution in [0.4, 0.5) is 0 Å². The van der Waals surface area contributed by atoms with Crippen LogP contribution in [0.15, 0.2) is 46.8 Å². The fourth-order valence-electron chi connectivity index (χ4n) is 2.98. The van der Waals surface area contributed by atoms with Crippen LogP contribution in [-0.2, 0) is 19.5 Å². The van der Waals surface area contributed by atoms with E-state index in [1.54, 1.807) is 11.3 Å². The molecule has 2 aromatic rings. The van der Waals surface area contributed by atoms with Gasteiger partial charge in [-0.3, -0.25) is 4.90 Å². The van der Waals surface area contributed by atoms with Gasteiger partial charge in [-0.05, 0) is 35.9 Å². The van der Waals surface area contributed by atoms with Gasteiger partial charge in [0.15, 0.2) is 5.96 Å². The summed E-state index contributed by atoms with van der Waals surface area (Å²) in [7, 11) is 0. The number of thiophene rings is 1. The minimum Gasteiger partial charge on any atom is -0.357 e. The van der Waals surface area contributed by atoms with Gasteiger partial charge in [0.25, 0.3) is 0 Å². The fourth-order valence-corrected chi connectivity index (χ4v) is 3.61. The molecule has 25 heavy (non-hydrogen) atoms. The van der Waals surface area contributed by atoms with Crippen molar-refractivity contribution in [3.63, 3.8) is 0 Å². The molecule has 0 atom stereocenters. The van der Waals surface area contributed by atoms with E-state index >= 15 is 0 Å². The van der Waals surface area contributed by atoms with E-state index in [4.69, 9.17) is 0 Å². The standard InChI is InChI=1S/C19H26N4S.HI/c1-2-20-19(22-14-18-8-5-13-24-18)21-10-12-23-11-9-16-6-3-4-7-17(16)15-23;/h3-8,13H,2,9-12,14-15H2,1H3,(H2,20,21,22);1H. The van der Waals surface area contributed by atoms with Crippen LogP contribution in [0.3, 0.4) is 0 Å². The molecule has 0 amide bonds. The van der Waals surface area contributed by atoms with Crippen LogP contribution < -0.4 is 10.6 Å². The quantitative estimate of drug-likeness (QED) is 0.386. The third-order valence-corrected chi connectivity index (χ3v) is 5.11. The Hall–Kier alpha value is -1.12. The molecule has 136 valence electrons. The molecule has 1 aromatic carbocycles. The van der Waals surface area contributed by atoms with Crippen molar-refractivity contribution in [2.75, 3.05) is 26.2 Å². The lowest BCUT2D eigenvalue weighted by atomic mass is 10.00. The van der Waals surface area contributed by atoms with Crippen LogP contribution in [0.5, 0.6) is 0 Å². The first-order valence-corrected chi connectivity index (χ1v) is 9.57. The molecule has 3 rings (SSSR count). The number of nitrogens with zero attached hydrogens (tertiary/aromatic N) is 2. The summed E-state index contributed by atoms with van der Waals surface area (Å²) in [5.74, 6) is 0.906. The predicted octanol–water partition coefficient (Wildman–Crippen LogP) is 3.48. The molecule has 1 aliphatic heterocycles. The van der Waals surface area contributed by atoms with E-state index < -0.39 is 0 Å². The van der Waals surface area contributed by atoms with Gasteiger partial charge in [-0.1, -0.05) is 30.3 Å². The first-order valence-electron chi connectivity index (χ1n) is 8.69. The Morgan fingerprint density at radius 1 is 1.16 bits per heavy atom. The molecule has 1 aromatic heterocycles. The van der Waals surface area contributed by atoms with Crippen molar-refractivity contribution in [2.45, 2.75) is 26.4 Å². The highest BCUT2D eigenvalue weighted by Crippen LogP contribution is 2.17. The molecule has 0 unspecified atom stereocenters. The molecular formula is C19H27IN4S. The zero-order valence-electron chi connectivity index (χ0n) is 14.7. The van der Waals surface area contributed by atoms with E-state index in [0.717, 1.165) is 51.6 Å². The normalized spacial score (nSPS) is 14.5. The van der Waals surface area contributed by atoms with Gasteiger partial charge in [0.2, 0.25) is 0 Å². The number of hydrogen-bond acceptors (Lipinski definition) is 3. The second kappa shape index (κ2) is 10.8. The molecule has 0 bridgehead atoms. The number of benzene rings is 1. The number of halogens is 1. The molecule has 0 fully saturated rings. The lowest BCUT2D eigenvalue weighted by molar-refractivity contribution is 0.258. The third-order valence-electron chi connectivity index (χ3n) is 4.25. The zero-order chi connectivity index (χ0) is 16.6. The van der Waals surface area contributed by atoms with Gasteiger partial charge in [-0.15, -0.1) is 35.3 Å². The summed E-state index contributed by atoms with van der Waals surface area (Å²) >= 11 is 1.75. The van der Waals surface area contributed by atoms with Gasteiger partial charge in [0.1, 0.15) is 0 Å². The van der Waals surface area contributed by atoms with Gasteiger partial charge in [-0.25, -0.2) is 4.99 Å². The predicted molar refractivity (Wildman–Crippen MR) is 118 cm³/mol. The smallest absolute Gasteiger partial charge is 0.191 e. The molecule has 1 aliphatic rings. The topological polar surface area (TPSA) is 39.7 Å². The number of guanidine groups is 1. The Balaban J connectivity index is 0.00000225. The Morgan fingerprint density at radius 2 is 2.00 bits per heavy atom. The van der Waals surface area contributed by atoms with Gasteiger partial charge in [0, 0.05) is 37.6 Å². The molecule has 0 spiro atoms. The van der Waals surface area contributed by atoms with E-state index in [1.165, 1.54) is 16.0 Å². The lowest BCUT2D eigenvalue weighted by Crippen LogP contribution is -2.42. The highest BCUT2D eigenvalue weighted by atomic mass is 127. The van der Waals surface area contributed by atoms with Crippen LogP contribution >= 0.6 is 35.3 Å². The minimum absolute atomic E-state index is 0. The van der Waals surface area contributed by atoms with Crippen molar-refractivity contribution in [3.8, 4) is 0 Å². The van der Waals surface area contributed by atoms with E-state index in [9.17, 15) is 0 Å². The highest BCUT2D eigenvalue weighted by molar-refractivity contribution is 14.0. The van der Waals surface area contributed by atoms with Crippen LogP contribution in [0.2, 0.25) is 0 Å². The van der Waals surface area contributed by atoms with Crippen molar-refractivity contribution in [2.24, 2.45) is 4.99 Å². The number of rotatable bonds is 6. The maximum atomic E-state index is 4.66. The van der Waals surface area contributed by atoms with E-state index in [-0.39, 0.29) is 24.0 Å². The molecule has 2 N–H and O–H groups in total. The summed E-state index contributed by atoms with van der Waals surface area (Å²) in [6, 6.07) is 13.0. The molecule has 6 heteroatoms. The summed E-state index contributed by atoms with van der Waals surface area (Å²) in [6.07, 6.45) is 1.16. The van der Waals surface area contributed by atoms with Crippen molar-refractivity contribution in [1.82, 2.24) is 15.5 Å². The van der Waals surface area contributed by atoms with Crippen LogP contribution in [0.1, 0.15) is 22.9 Å². The van der Waals surface area contributed by atoms with Crippen molar-refractivity contribution in [3.05, 3.63) is 57.8 Å².